The predicted molar refractivity (Wildman–Crippen MR) is 68.0 cm³/mol. The first-order chi connectivity index (χ1) is 8.25. The van der Waals surface area contributed by atoms with Crippen LogP contribution in [0.3, 0.4) is 0 Å². The first-order valence-corrected chi connectivity index (χ1v) is 6.24. The normalized spacial score (nSPS) is 12.5. The molecule has 0 aliphatic heterocycles. The number of nitrogens with one attached hydrogen (secondary N) is 2. The number of thiazole rings is 1. The Kier molecular flexibility index (Phi) is 4.08. The van der Waals surface area contributed by atoms with Crippen molar-refractivity contribution < 1.29 is 5.11 Å². The standard InChI is InChI=1S/C12H14N2O2S/c15-11(9-4-2-1-3-5-9)7-13-6-10-8-17-12(16)14-10/h1-5,8,11,13,15H,6-7H2,(H,14,16). The molecule has 0 radical (unpaired) electrons. The van der Waals surface area contributed by atoms with E-state index in [4.69, 9.17) is 0 Å². The maximum Gasteiger partial charge on any atom is 0.304 e. The molecule has 2 rings (SSSR count). The van der Waals surface area contributed by atoms with Crippen molar-refractivity contribution in [3.8, 4) is 0 Å². The molecule has 2 aromatic rings. The van der Waals surface area contributed by atoms with Crippen LogP contribution in [0.15, 0.2) is 40.5 Å². The molecule has 0 aliphatic carbocycles. The molecule has 0 bridgehead atoms. The molecule has 1 aromatic carbocycles. The second-order valence-corrected chi connectivity index (χ2v) is 4.57. The lowest BCUT2D eigenvalue weighted by Gasteiger charge is -2.11. The highest BCUT2D eigenvalue weighted by molar-refractivity contribution is 7.07. The van der Waals surface area contributed by atoms with Crippen molar-refractivity contribution >= 4 is 11.3 Å². The number of hydrogen-bond donors (Lipinski definition) is 3. The highest BCUT2D eigenvalue weighted by Gasteiger charge is 2.06. The molecular formula is C12H14N2O2S. The fourth-order valence-electron chi connectivity index (χ4n) is 1.54. The molecule has 0 fully saturated rings. The van der Waals surface area contributed by atoms with E-state index >= 15 is 0 Å². The minimum Gasteiger partial charge on any atom is -0.387 e. The van der Waals surface area contributed by atoms with E-state index < -0.39 is 6.10 Å². The van der Waals surface area contributed by atoms with Gasteiger partial charge in [-0.3, -0.25) is 4.79 Å². The molecule has 90 valence electrons. The molecule has 5 heteroatoms. The summed E-state index contributed by atoms with van der Waals surface area (Å²) in [4.78, 5) is 13.6. The molecule has 0 saturated heterocycles. The van der Waals surface area contributed by atoms with E-state index in [0.717, 1.165) is 22.6 Å². The molecule has 17 heavy (non-hydrogen) atoms. The summed E-state index contributed by atoms with van der Waals surface area (Å²) < 4.78 is 0. The van der Waals surface area contributed by atoms with Crippen LogP contribution in [0.25, 0.3) is 0 Å². The minimum atomic E-state index is -0.526. The number of rotatable bonds is 5. The molecule has 0 spiro atoms. The lowest BCUT2D eigenvalue weighted by Crippen LogP contribution is -2.21. The summed E-state index contributed by atoms with van der Waals surface area (Å²) in [6, 6.07) is 9.49. The van der Waals surface area contributed by atoms with Crippen LogP contribution in [0.2, 0.25) is 0 Å². The molecule has 1 unspecified atom stereocenters. The quantitative estimate of drug-likeness (QED) is 0.748. The zero-order valence-corrected chi connectivity index (χ0v) is 10.0. The summed E-state index contributed by atoms with van der Waals surface area (Å²) in [5.41, 5.74) is 1.74. The van der Waals surface area contributed by atoms with Gasteiger partial charge in [-0.1, -0.05) is 41.7 Å². The van der Waals surface area contributed by atoms with Crippen LogP contribution < -0.4 is 10.2 Å². The highest BCUT2D eigenvalue weighted by atomic mass is 32.1. The molecule has 0 amide bonds. The monoisotopic (exact) mass is 250 g/mol. The average molecular weight is 250 g/mol. The Hall–Kier alpha value is -1.43. The summed E-state index contributed by atoms with van der Waals surface area (Å²) in [5, 5.41) is 14.8. The van der Waals surface area contributed by atoms with E-state index in [1.54, 1.807) is 5.38 Å². The Balaban J connectivity index is 1.81. The van der Waals surface area contributed by atoms with Crippen molar-refractivity contribution in [2.75, 3.05) is 6.54 Å². The molecule has 0 saturated carbocycles. The van der Waals surface area contributed by atoms with E-state index in [2.05, 4.69) is 10.3 Å². The van der Waals surface area contributed by atoms with Gasteiger partial charge in [-0.2, -0.15) is 0 Å². The van der Waals surface area contributed by atoms with Crippen LogP contribution in [0.1, 0.15) is 17.4 Å². The molecule has 1 heterocycles. The summed E-state index contributed by atoms with van der Waals surface area (Å²) >= 11 is 1.15. The number of aliphatic hydroxyl groups excluding tert-OH is 1. The Morgan fingerprint density at radius 2 is 2.12 bits per heavy atom. The Labute approximate surface area is 103 Å². The van der Waals surface area contributed by atoms with Crippen molar-refractivity contribution in [1.29, 1.82) is 0 Å². The maximum absolute atomic E-state index is 10.9. The van der Waals surface area contributed by atoms with Gasteiger partial charge < -0.3 is 15.4 Å². The van der Waals surface area contributed by atoms with Gasteiger partial charge in [-0.25, -0.2) is 0 Å². The predicted octanol–water partition coefficient (Wildman–Crippen LogP) is 1.26. The lowest BCUT2D eigenvalue weighted by atomic mass is 10.1. The fourth-order valence-corrected chi connectivity index (χ4v) is 2.12. The minimum absolute atomic E-state index is 0.0505. The Morgan fingerprint density at radius 1 is 1.35 bits per heavy atom. The largest absolute Gasteiger partial charge is 0.387 e. The average Bonchev–Trinajstić information content (AvgIpc) is 2.76. The number of hydrogen-bond acceptors (Lipinski definition) is 4. The fraction of sp³-hybridized carbons (Fsp3) is 0.250. The van der Waals surface area contributed by atoms with Gasteiger partial charge in [0, 0.05) is 24.2 Å². The molecule has 1 aromatic heterocycles. The number of H-pyrrole nitrogens is 1. The first-order valence-electron chi connectivity index (χ1n) is 5.36. The molecule has 1 atom stereocenters. The Morgan fingerprint density at radius 3 is 2.76 bits per heavy atom. The molecule has 0 aliphatic rings. The smallest absolute Gasteiger partial charge is 0.304 e. The van der Waals surface area contributed by atoms with E-state index in [0.29, 0.717) is 13.1 Å². The number of benzene rings is 1. The lowest BCUT2D eigenvalue weighted by molar-refractivity contribution is 0.174. The van der Waals surface area contributed by atoms with Gasteiger partial charge in [0.15, 0.2) is 0 Å². The van der Waals surface area contributed by atoms with Crippen LogP contribution >= 0.6 is 11.3 Å². The van der Waals surface area contributed by atoms with Gasteiger partial charge in [0.05, 0.1) is 6.10 Å². The maximum atomic E-state index is 10.9. The van der Waals surface area contributed by atoms with Crippen molar-refractivity contribution in [1.82, 2.24) is 10.3 Å². The van der Waals surface area contributed by atoms with Gasteiger partial charge in [0.2, 0.25) is 0 Å². The zero-order chi connectivity index (χ0) is 12.1. The van der Waals surface area contributed by atoms with E-state index in [-0.39, 0.29) is 4.87 Å². The third kappa shape index (κ3) is 3.52. The number of aromatic amines is 1. The van der Waals surface area contributed by atoms with E-state index in [1.165, 1.54) is 0 Å². The second-order valence-electron chi connectivity index (χ2n) is 3.73. The van der Waals surface area contributed by atoms with Crippen LogP contribution in [-0.4, -0.2) is 16.6 Å². The third-order valence-electron chi connectivity index (χ3n) is 2.41. The van der Waals surface area contributed by atoms with Crippen LogP contribution in [0.5, 0.6) is 0 Å². The third-order valence-corrected chi connectivity index (χ3v) is 3.13. The van der Waals surface area contributed by atoms with Crippen LogP contribution in [0, 0.1) is 0 Å². The van der Waals surface area contributed by atoms with Crippen molar-refractivity contribution in [2.24, 2.45) is 0 Å². The van der Waals surface area contributed by atoms with Crippen molar-refractivity contribution in [2.45, 2.75) is 12.6 Å². The SMILES string of the molecule is O=c1[nH]c(CNCC(O)c2ccccc2)cs1. The topological polar surface area (TPSA) is 65.1 Å². The van der Waals surface area contributed by atoms with Crippen molar-refractivity contribution in [3.63, 3.8) is 0 Å². The van der Waals surface area contributed by atoms with Crippen LogP contribution in [0.4, 0.5) is 0 Å². The Bertz CT molecular complexity index is 506. The summed E-state index contributed by atoms with van der Waals surface area (Å²) in [6.07, 6.45) is -0.526. The number of aromatic nitrogens is 1. The first kappa shape index (κ1) is 12.0. The van der Waals surface area contributed by atoms with Gasteiger partial charge >= 0.3 is 4.87 Å². The molecule has 4 nitrogen and oxygen atoms in total. The molecular weight excluding hydrogens is 236 g/mol. The second kappa shape index (κ2) is 5.77. The van der Waals surface area contributed by atoms with Crippen molar-refractivity contribution in [3.05, 3.63) is 56.6 Å². The summed E-state index contributed by atoms with van der Waals surface area (Å²) in [7, 11) is 0. The van der Waals surface area contributed by atoms with Crippen LogP contribution in [-0.2, 0) is 6.54 Å². The van der Waals surface area contributed by atoms with Gasteiger partial charge in [0.1, 0.15) is 0 Å². The highest BCUT2D eigenvalue weighted by Crippen LogP contribution is 2.10. The zero-order valence-electron chi connectivity index (χ0n) is 9.22. The summed E-state index contributed by atoms with van der Waals surface area (Å²) in [5.74, 6) is 0. The van der Waals surface area contributed by atoms with Gasteiger partial charge in [-0.05, 0) is 5.56 Å². The number of aliphatic hydroxyl groups is 1. The van der Waals surface area contributed by atoms with Gasteiger partial charge in [-0.15, -0.1) is 0 Å². The van der Waals surface area contributed by atoms with E-state index in [9.17, 15) is 9.90 Å². The van der Waals surface area contributed by atoms with E-state index in [1.807, 2.05) is 30.3 Å². The molecule has 3 N–H and O–H groups in total. The van der Waals surface area contributed by atoms with Gasteiger partial charge in [0.25, 0.3) is 0 Å². The summed E-state index contributed by atoms with van der Waals surface area (Å²) in [6.45, 7) is 1.02.